The van der Waals surface area contributed by atoms with Crippen molar-refractivity contribution >= 4 is 17.0 Å². The summed E-state index contributed by atoms with van der Waals surface area (Å²) in [7, 11) is 0. The van der Waals surface area contributed by atoms with Crippen LogP contribution in [0.4, 0.5) is 5.69 Å². The smallest absolute Gasteiger partial charge is 0.196 e. The summed E-state index contributed by atoms with van der Waals surface area (Å²) >= 11 is 0. The number of carbonyl (C=O) groups is 1. The number of Topliss-reactive ketones (excluding diaryl/α,β-unsaturated/α-hetero) is 1. The van der Waals surface area contributed by atoms with E-state index in [0.717, 1.165) is 11.4 Å². The molecule has 0 fully saturated rings. The van der Waals surface area contributed by atoms with E-state index in [2.05, 4.69) is 10.3 Å². The van der Waals surface area contributed by atoms with Crippen LogP contribution in [0.25, 0.3) is 5.57 Å². The fourth-order valence-electron chi connectivity index (χ4n) is 2.49. The summed E-state index contributed by atoms with van der Waals surface area (Å²) in [6.45, 7) is 2.57. The van der Waals surface area contributed by atoms with Crippen LogP contribution in [0.15, 0.2) is 85.2 Å². The molecule has 130 valence electrons. The maximum Gasteiger partial charge on any atom is 0.196 e. The number of allylic oxidation sites excluding steroid dienone is 1. The van der Waals surface area contributed by atoms with Crippen LogP contribution in [-0.4, -0.2) is 17.4 Å². The van der Waals surface area contributed by atoms with E-state index in [4.69, 9.17) is 4.74 Å². The van der Waals surface area contributed by atoms with Crippen LogP contribution in [-0.2, 0) is 0 Å². The molecule has 4 nitrogen and oxygen atoms in total. The van der Waals surface area contributed by atoms with Gasteiger partial charge in [-0.05, 0) is 43.3 Å². The summed E-state index contributed by atoms with van der Waals surface area (Å²) in [5, 5.41) is 3.18. The summed E-state index contributed by atoms with van der Waals surface area (Å²) in [5.41, 5.74) is 2.62. The van der Waals surface area contributed by atoms with Gasteiger partial charge in [-0.1, -0.05) is 36.4 Å². The van der Waals surface area contributed by atoms with Gasteiger partial charge in [0.15, 0.2) is 5.78 Å². The summed E-state index contributed by atoms with van der Waals surface area (Å²) in [6.07, 6.45) is 3.38. The molecule has 3 rings (SSSR count). The second-order valence-electron chi connectivity index (χ2n) is 5.57. The first-order chi connectivity index (χ1) is 12.8. The SMILES string of the molecule is CCOc1ccc(NC=C(C(=O)c2ccccc2)c2ccccn2)cc1. The maximum atomic E-state index is 12.9. The third-order valence-corrected chi connectivity index (χ3v) is 3.77. The molecule has 0 aliphatic heterocycles. The van der Waals surface area contributed by atoms with Gasteiger partial charge in [0, 0.05) is 23.6 Å². The molecule has 0 saturated carbocycles. The Hall–Kier alpha value is -3.40. The molecule has 2 aromatic carbocycles. The third kappa shape index (κ3) is 4.36. The second kappa shape index (κ2) is 8.62. The average molecular weight is 344 g/mol. The predicted molar refractivity (Wildman–Crippen MR) is 104 cm³/mol. The van der Waals surface area contributed by atoms with Crippen molar-refractivity contribution in [2.45, 2.75) is 6.92 Å². The minimum atomic E-state index is -0.0808. The standard InChI is InChI=1S/C22H20N2O2/c1-2-26-19-13-11-18(12-14-19)24-16-20(21-10-6-7-15-23-21)22(25)17-8-4-3-5-9-17/h3-16,24H,2H2,1H3. The Bertz CT molecular complexity index is 873. The van der Waals surface area contributed by atoms with Crippen molar-refractivity contribution in [1.29, 1.82) is 0 Å². The van der Waals surface area contributed by atoms with E-state index in [-0.39, 0.29) is 5.78 Å². The molecule has 0 saturated heterocycles. The van der Waals surface area contributed by atoms with Gasteiger partial charge in [-0.15, -0.1) is 0 Å². The van der Waals surface area contributed by atoms with Gasteiger partial charge in [0.2, 0.25) is 0 Å². The van der Waals surface area contributed by atoms with Crippen molar-refractivity contribution in [3.63, 3.8) is 0 Å². The molecular weight excluding hydrogens is 324 g/mol. The number of hydrogen-bond acceptors (Lipinski definition) is 4. The van der Waals surface area contributed by atoms with Crippen LogP contribution in [0.3, 0.4) is 0 Å². The molecule has 26 heavy (non-hydrogen) atoms. The van der Waals surface area contributed by atoms with E-state index in [1.54, 1.807) is 24.5 Å². The highest BCUT2D eigenvalue weighted by Crippen LogP contribution is 2.20. The first-order valence-corrected chi connectivity index (χ1v) is 8.48. The van der Waals surface area contributed by atoms with Gasteiger partial charge in [-0.25, -0.2) is 0 Å². The Morgan fingerprint density at radius 2 is 1.73 bits per heavy atom. The number of aromatic nitrogens is 1. The Morgan fingerprint density at radius 1 is 1.00 bits per heavy atom. The van der Waals surface area contributed by atoms with Gasteiger partial charge < -0.3 is 10.1 Å². The largest absolute Gasteiger partial charge is 0.494 e. The summed E-state index contributed by atoms with van der Waals surface area (Å²) in [4.78, 5) is 17.3. The quantitative estimate of drug-likeness (QED) is 0.493. The van der Waals surface area contributed by atoms with Crippen LogP contribution in [0, 0.1) is 0 Å². The molecule has 0 aliphatic rings. The van der Waals surface area contributed by atoms with Crippen LogP contribution >= 0.6 is 0 Å². The first kappa shape index (κ1) is 17.4. The molecule has 0 aliphatic carbocycles. The lowest BCUT2D eigenvalue weighted by Gasteiger charge is -2.09. The second-order valence-corrected chi connectivity index (χ2v) is 5.57. The van der Waals surface area contributed by atoms with Crippen molar-refractivity contribution in [1.82, 2.24) is 4.98 Å². The Morgan fingerprint density at radius 3 is 2.38 bits per heavy atom. The zero-order chi connectivity index (χ0) is 18.2. The predicted octanol–water partition coefficient (Wildman–Crippen LogP) is 4.82. The van der Waals surface area contributed by atoms with Gasteiger partial charge in [-0.2, -0.15) is 0 Å². The molecular formula is C22H20N2O2. The van der Waals surface area contributed by atoms with Crippen molar-refractivity contribution in [3.05, 3.63) is 96.5 Å². The molecule has 1 heterocycles. The van der Waals surface area contributed by atoms with Crippen molar-refractivity contribution < 1.29 is 9.53 Å². The number of anilines is 1. The minimum Gasteiger partial charge on any atom is -0.494 e. The summed E-state index contributed by atoms with van der Waals surface area (Å²) < 4.78 is 5.44. The lowest BCUT2D eigenvalue weighted by Crippen LogP contribution is -2.06. The third-order valence-electron chi connectivity index (χ3n) is 3.77. The Balaban J connectivity index is 1.88. The number of nitrogens with zero attached hydrogens (tertiary/aromatic N) is 1. The number of ether oxygens (including phenoxy) is 1. The average Bonchev–Trinajstić information content (AvgIpc) is 2.71. The van der Waals surface area contributed by atoms with Gasteiger partial charge in [0.25, 0.3) is 0 Å². The molecule has 1 N–H and O–H groups in total. The molecule has 0 amide bonds. The number of ketones is 1. The monoisotopic (exact) mass is 344 g/mol. The molecule has 3 aromatic rings. The molecule has 0 radical (unpaired) electrons. The van der Waals surface area contributed by atoms with Crippen molar-refractivity contribution in [2.75, 3.05) is 11.9 Å². The van der Waals surface area contributed by atoms with Crippen LogP contribution in [0.5, 0.6) is 5.75 Å². The van der Waals surface area contributed by atoms with Crippen LogP contribution in [0.1, 0.15) is 23.0 Å². The number of carbonyl (C=O) groups excluding carboxylic acids is 1. The van der Waals surface area contributed by atoms with Gasteiger partial charge >= 0.3 is 0 Å². The fraction of sp³-hybridized carbons (Fsp3) is 0.0909. The number of hydrogen-bond donors (Lipinski definition) is 1. The van der Waals surface area contributed by atoms with E-state index >= 15 is 0 Å². The highest BCUT2D eigenvalue weighted by atomic mass is 16.5. The van der Waals surface area contributed by atoms with Gasteiger partial charge in [-0.3, -0.25) is 9.78 Å². The molecule has 0 spiro atoms. The zero-order valence-corrected chi connectivity index (χ0v) is 14.6. The van der Waals surface area contributed by atoms with Crippen LogP contribution < -0.4 is 10.1 Å². The molecule has 1 aromatic heterocycles. The van der Waals surface area contributed by atoms with Crippen LogP contribution in [0.2, 0.25) is 0 Å². The van der Waals surface area contributed by atoms with E-state index in [1.165, 1.54) is 0 Å². The molecule has 0 atom stereocenters. The van der Waals surface area contributed by atoms with Gasteiger partial charge in [0.05, 0.1) is 17.9 Å². The van der Waals surface area contributed by atoms with Crippen molar-refractivity contribution in [3.8, 4) is 5.75 Å². The topological polar surface area (TPSA) is 51.2 Å². The van der Waals surface area contributed by atoms with Crippen molar-refractivity contribution in [2.24, 2.45) is 0 Å². The number of pyridine rings is 1. The number of nitrogens with one attached hydrogen (secondary N) is 1. The highest BCUT2D eigenvalue weighted by molar-refractivity contribution is 6.28. The Labute approximate surface area is 153 Å². The minimum absolute atomic E-state index is 0.0808. The lowest BCUT2D eigenvalue weighted by molar-refractivity contribution is 0.105. The number of rotatable bonds is 7. The number of benzene rings is 2. The Kier molecular flexibility index (Phi) is 5.78. The molecule has 0 unspecified atom stereocenters. The van der Waals surface area contributed by atoms with E-state index in [9.17, 15) is 4.79 Å². The zero-order valence-electron chi connectivity index (χ0n) is 14.6. The normalized spacial score (nSPS) is 11.0. The van der Waals surface area contributed by atoms with E-state index in [0.29, 0.717) is 23.4 Å². The molecule has 0 bridgehead atoms. The first-order valence-electron chi connectivity index (χ1n) is 8.48. The fourth-order valence-corrected chi connectivity index (χ4v) is 2.49. The molecule has 4 heteroatoms. The summed E-state index contributed by atoms with van der Waals surface area (Å²) in [5.74, 6) is 0.732. The van der Waals surface area contributed by atoms with Gasteiger partial charge in [0.1, 0.15) is 5.75 Å². The van der Waals surface area contributed by atoms with E-state index < -0.39 is 0 Å². The lowest BCUT2D eigenvalue weighted by atomic mass is 10.0. The highest BCUT2D eigenvalue weighted by Gasteiger charge is 2.15. The van der Waals surface area contributed by atoms with E-state index in [1.807, 2.05) is 67.6 Å². The summed E-state index contributed by atoms with van der Waals surface area (Å²) in [6, 6.07) is 22.3. The maximum absolute atomic E-state index is 12.9.